The average molecular weight is 349 g/mol. The van der Waals surface area contributed by atoms with Crippen molar-refractivity contribution in [3.63, 3.8) is 0 Å². The van der Waals surface area contributed by atoms with Gasteiger partial charge in [-0.15, -0.1) is 0 Å². The molecule has 134 valence electrons. The summed E-state index contributed by atoms with van der Waals surface area (Å²) >= 11 is 0. The molecular weight excluding hydrogens is 326 g/mol. The van der Waals surface area contributed by atoms with E-state index in [2.05, 4.69) is 6.07 Å². The first-order chi connectivity index (χ1) is 12.8. The summed E-state index contributed by atoms with van der Waals surface area (Å²) in [5, 5.41) is 0. The first-order valence-corrected chi connectivity index (χ1v) is 9.60. The first kappa shape index (κ1) is 15.7. The SMILES string of the molecule is O=C(c1ccccc1)N1CCC(c2c3c(cc4c2OCC4)OCC3)CC1. The number of likely N-dealkylation sites (tertiary alicyclic amines) is 1. The summed E-state index contributed by atoms with van der Waals surface area (Å²) in [7, 11) is 0. The molecular formula is C22H23NO3. The van der Waals surface area contributed by atoms with Gasteiger partial charge in [0.05, 0.1) is 13.2 Å². The second kappa shape index (κ2) is 6.35. The number of hydrogen-bond donors (Lipinski definition) is 0. The molecule has 0 saturated carbocycles. The molecule has 4 nitrogen and oxygen atoms in total. The van der Waals surface area contributed by atoms with Crippen LogP contribution in [0.25, 0.3) is 0 Å². The molecule has 5 rings (SSSR count). The van der Waals surface area contributed by atoms with Crippen LogP contribution in [0.1, 0.15) is 45.8 Å². The van der Waals surface area contributed by atoms with Crippen molar-refractivity contribution in [3.8, 4) is 11.5 Å². The Morgan fingerprint density at radius 2 is 1.77 bits per heavy atom. The molecule has 0 radical (unpaired) electrons. The van der Waals surface area contributed by atoms with Gasteiger partial charge in [0.25, 0.3) is 5.91 Å². The van der Waals surface area contributed by atoms with Crippen LogP contribution in [0.4, 0.5) is 0 Å². The quantitative estimate of drug-likeness (QED) is 0.832. The molecule has 2 aromatic rings. The van der Waals surface area contributed by atoms with Crippen LogP contribution in [0.5, 0.6) is 11.5 Å². The van der Waals surface area contributed by atoms with E-state index in [4.69, 9.17) is 9.47 Å². The van der Waals surface area contributed by atoms with Gasteiger partial charge < -0.3 is 14.4 Å². The fourth-order valence-electron chi connectivity index (χ4n) is 4.59. The number of rotatable bonds is 2. The van der Waals surface area contributed by atoms with Gasteiger partial charge in [-0.2, -0.15) is 0 Å². The Labute approximate surface area is 153 Å². The Hall–Kier alpha value is -2.49. The van der Waals surface area contributed by atoms with E-state index in [9.17, 15) is 4.79 Å². The van der Waals surface area contributed by atoms with Crippen LogP contribution in [-0.4, -0.2) is 37.1 Å². The van der Waals surface area contributed by atoms with Gasteiger partial charge in [-0.05, 0) is 37.0 Å². The van der Waals surface area contributed by atoms with Crippen LogP contribution < -0.4 is 9.47 Å². The first-order valence-electron chi connectivity index (χ1n) is 9.60. The molecule has 2 aromatic carbocycles. The Kier molecular flexibility index (Phi) is 3.84. The maximum Gasteiger partial charge on any atom is 0.253 e. The minimum Gasteiger partial charge on any atom is -0.493 e. The van der Waals surface area contributed by atoms with Gasteiger partial charge in [0, 0.05) is 48.2 Å². The van der Waals surface area contributed by atoms with Crippen LogP contribution in [0.3, 0.4) is 0 Å². The minimum absolute atomic E-state index is 0.146. The zero-order valence-electron chi connectivity index (χ0n) is 14.9. The van der Waals surface area contributed by atoms with Gasteiger partial charge in [0.2, 0.25) is 0 Å². The summed E-state index contributed by atoms with van der Waals surface area (Å²) in [6.07, 6.45) is 3.93. The zero-order chi connectivity index (χ0) is 17.5. The van der Waals surface area contributed by atoms with Gasteiger partial charge >= 0.3 is 0 Å². The standard InChI is InChI=1S/C22H23NO3/c24-22(16-4-2-1-3-5-16)23-10-6-15(7-11-23)20-18-9-13-25-19(18)14-17-8-12-26-21(17)20/h1-5,14-15H,6-13H2. The molecule has 0 spiro atoms. The fourth-order valence-corrected chi connectivity index (χ4v) is 4.59. The van der Waals surface area contributed by atoms with Crippen molar-refractivity contribution in [1.29, 1.82) is 0 Å². The number of fused-ring (bicyclic) bond motifs is 2. The number of carbonyl (C=O) groups is 1. The Morgan fingerprint density at radius 3 is 2.58 bits per heavy atom. The van der Waals surface area contributed by atoms with E-state index in [0.717, 1.165) is 69.0 Å². The molecule has 0 unspecified atom stereocenters. The lowest BCUT2D eigenvalue weighted by molar-refractivity contribution is 0.0712. The number of benzene rings is 2. The highest BCUT2D eigenvalue weighted by molar-refractivity contribution is 5.94. The van der Waals surface area contributed by atoms with Crippen molar-refractivity contribution in [2.75, 3.05) is 26.3 Å². The normalized spacial score (nSPS) is 18.8. The molecule has 3 heterocycles. The summed E-state index contributed by atoms with van der Waals surface area (Å²) in [5.41, 5.74) is 4.80. The third-order valence-electron chi connectivity index (χ3n) is 5.90. The molecule has 3 aliphatic rings. The van der Waals surface area contributed by atoms with Gasteiger partial charge in [0.15, 0.2) is 0 Å². The van der Waals surface area contributed by atoms with Crippen molar-refractivity contribution < 1.29 is 14.3 Å². The van der Waals surface area contributed by atoms with Crippen molar-refractivity contribution in [2.24, 2.45) is 0 Å². The van der Waals surface area contributed by atoms with Gasteiger partial charge in [-0.25, -0.2) is 0 Å². The van der Waals surface area contributed by atoms with Crippen molar-refractivity contribution in [1.82, 2.24) is 4.90 Å². The van der Waals surface area contributed by atoms with E-state index in [1.165, 1.54) is 16.7 Å². The summed E-state index contributed by atoms with van der Waals surface area (Å²) in [6.45, 7) is 3.16. The lowest BCUT2D eigenvalue weighted by Gasteiger charge is -2.33. The molecule has 1 saturated heterocycles. The van der Waals surface area contributed by atoms with Crippen molar-refractivity contribution in [3.05, 3.63) is 58.7 Å². The smallest absolute Gasteiger partial charge is 0.253 e. The van der Waals surface area contributed by atoms with Crippen LogP contribution in [0.15, 0.2) is 36.4 Å². The van der Waals surface area contributed by atoms with E-state index < -0.39 is 0 Å². The second-order valence-corrected chi connectivity index (χ2v) is 7.38. The van der Waals surface area contributed by atoms with Crippen LogP contribution in [0.2, 0.25) is 0 Å². The molecule has 0 bridgehead atoms. The third kappa shape index (κ3) is 2.56. The van der Waals surface area contributed by atoms with E-state index in [-0.39, 0.29) is 5.91 Å². The summed E-state index contributed by atoms with van der Waals surface area (Å²) in [4.78, 5) is 14.7. The number of piperidine rings is 1. The van der Waals surface area contributed by atoms with Crippen LogP contribution in [-0.2, 0) is 12.8 Å². The van der Waals surface area contributed by atoms with Crippen LogP contribution in [0, 0.1) is 0 Å². The molecule has 26 heavy (non-hydrogen) atoms. The number of amides is 1. The van der Waals surface area contributed by atoms with E-state index >= 15 is 0 Å². The highest BCUT2D eigenvalue weighted by Gasteiger charge is 2.33. The van der Waals surface area contributed by atoms with Crippen LogP contribution >= 0.6 is 0 Å². The third-order valence-corrected chi connectivity index (χ3v) is 5.90. The second-order valence-electron chi connectivity index (χ2n) is 7.38. The molecule has 4 heteroatoms. The predicted octanol–water partition coefficient (Wildman–Crippen LogP) is 3.58. The van der Waals surface area contributed by atoms with Gasteiger partial charge in [0.1, 0.15) is 11.5 Å². The lowest BCUT2D eigenvalue weighted by atomic mass is 9.83. The topological polar surface area (TPSA) is 38.8 Å². The maximum absolute atomic E-state index is 12.7. The lowest BCUT2D eigenvalue weighted by Crippen LogP contribution is -2.38. The minimum atomic E-state index is 0.146. The molecule has 0 atom stereocenters. The van der Waals surface area contributed by atoms with Gasteiger partial charge in [-0.3, -0.25) is 4.79 Å². The predicted molar refractivity (Wildman–Crippen MR) is 99.2 cm³/mol. The number of ether oxygens (including phenoxy) is 2. The van der Waals surface area contributed by atoms with E-state index in [1.54, 1.807) is 0 Å². The molecule has 1 fully saturated rings. The van der Waals surface area contributed by atoms with Gasteiger partial charge in [-0.1, -0.05) is 18.2 Å². The molecule has 0 aromatic heterocycles. The number of carbonyl (C=O) groups excluding carboxylic acids is 1. The Bertz CT molecular complexity index is 806. The van der Waals surface area contributed by atoms with E-state index in [1.807, 2.05) is 35.2 Å². The highest BCUT2D eigenvalue weighted by atomic mass is 16.5. The molecule has 0 aliphatic carbocycles. The zero-order valence-corrected chi connectivity index (χ0v) is 14.9. The molecule has 0 N–H and O–H groups in total. The number of hydrogen-bond acceptors (Lipinski definition) is 3. The summed E-state index contributed by atoms with van der Waals surface area (Å²) in [5.74, 6) is 2.78. The monoisotopic (exact) mass is 349 g/mol. The largest absolute Gasteiger partial charge is 0.493 e. The van der Waals surface area contributed by atoms with Crippen molar-refractivity contribution in [2.45, 2.75) is 31.6 Å². The maximum atomic E-state index is 12.7. The molecule has 1 amide bonds. The van der Waals surface area contributed by atoms with Crippen molar-refractivity contribution >= 4 is 5.91 Å². The fraction of sp³-hybridized carbons (Fsp3) is 0.409. The Morgan fingerprint density at radius 1 is 1.00 bits per heavy atom. The molecule has 3 aliphatic heterocycles. The van der Waals surface area contributed by atoms with E-state index in [0.29, 0.717) is 5.92 Å². The highest BCUT2D eigenvalue weighted by Crippen LogP contribution is 2.46. The summed E-state index contributed by atoms with van der Waals surface area (Å²) < 4.78 is 11.9. The summed E-state index contributed by atoms with van der Waals surface area (Å²) in [6, 6.07) is 11.8. The average Bonchev–Trinajstić information content (AvgIpc) is 3.35. The Balaban J connectivity index is 1.38. The number of nitrogens with zero attached hydrogens (tertiary/aromatic N) is 1.